The van der Waals surface area contributed by atoms with Crippen LogP contribution in [0.3, 0.4) is 0 Å². The molecule has 1 amide bonds. The highest BCUT2D eigenvalue weighted by atomic mass is 35.5. The Morgan fingerprint density at radius 3 is 2.61 bits per heavy atom. The van der Waals surface area contributed by atoms with Crippen molar-refractivity contribution in [1.82, 2.24) is 29.3 Å². The Balaban J connectivity index is 0.782. The van der Waals surface area contributed by atoms with Gasteiger partial charge in [-0.05, 0) is 99.5 Å². The van der Waals surface area contributed by atoms with Crippen molar-refractivity contribution in [2.75, 3.05) is 43.4 Å². The van der Waals surface area contributed by atoms with Gasteiger partial charge in [-0.25, -0.2) is 22.9 Å². The van der Waals surface area contributed by atoms with Crippen molar-refractivity contribution < 1.29 is 42.1 Å². The third-order valence-electron chi connectivity index (χ3n) is 17.5. The number of rotatable bonds is 11. The molecule has 0 radical (unpaired) electrons. The number of carbonyl (C=O) groups is 2. The lowest BCUT2D eigenvalue weighted by atomic mass is 9.86. The van der Waals surface area contributed by atoms with Gasteiger partial charge in [-0.2, -0.15) is 15.2 Å². The first-order chi connectivity index (χ1) is 37.9. The van der Waals surface area contributed by atoms with E-state index in [0.29, 0.717) is 73.8 Å². The number of aromatic nitrogens is 4. The number of carbonyl (C=O) groups excluding carboxylic acids is 2. The van der Waals surface area contributed by atoms with E-state index in [-0.39, 0.29) is 120 Å². The van der Waals surface area contributed by atoms with Gasteiger partial charge >= 0.3 is 12.0 Å². The predicted octanol–water partition coefficient (Wildman–Crippen LogP) is 9.01. The Labute approximate surface area is 459 Å². The first-order valence-electron chi connectivity index (χ1n) is 26.6. The number of aryl methyl sites for hydroxylation is 1. The molecule has 16 nitrogen and oxygen atoms in total. The SMILES string of the molecule is C=C(C(=O)N1C2CCC1CN(c1nc(OC[C@@]34CCCN3C[C@H](F)C4)nc3c(F)c(-c4ccc(F)c5sc(N)c(C#N)c45)c(Cl)cc13)C2)[C@H](C)Oc1ccc2nc3c(c(CC)c2c1)Cn1c-3cc2c(c1=O)COC(=O)[C@]2(O)CC. The zero-order chi connectivity index (χ0) is 55.1. The molecule has 0 saturated carbocycles. The van der Waals surface area contributed by atoms with Crippen LogP contribution in [-0.4, -0.2) is 109 Å². The average molecular weight is 1110 g/mol. The molecule has 6 atom stereocenters. The molecule has 4 aromatic heterocycles. The molecule has 10 heterocycles. The van der Waals surface area contributed by atoms with Crippen LogP contribution in [0.1, 0.15) is 87.1 Å². The number of halogens is 4. The number of piperazine rings is 1. The fourth-order valence-corrected chi connectivity index (χ4v) is 14.8. The van der Waals surface area contributed by atoms with Crippen molar-refractivity contribution >= 4 is 77.5 Å². The molecule has 21 heteroatoms. The maximum Gasteiger partial charge on any atom is 0.343 e. The molecule has 3 aromatic carbocycles. The third kappa shape index (κ3) is 7.73. The van der Waals surface area contributed by atoms with E-state index < -0.39 is 41.0 Å². The summed E-state index contributed by atoms with van der Waals surface area (Å²) in [5.74, 6) is -1.70. The second-order valence-corrected chi connectivity index (χ2v) is 23.2. The number of nitrogens with zero attached hydrogens (tertiary/aromatic N) is 8. The number of cyclic esters (lactones) is 1. The van der Waals surface area contributed by atoms with Crippen molar-refractivity contribution in [2.24, 2.45) is 0 Å². The van der Waals surface area contributed by atoms with Crippen LogP contribution in [-0.2, 0) is 39.5 Å². The Hall–Kier alpha value is -7.31. The van der Waals surface area contributed by atoms with Gasteiger partial charge in [0.15, 0.2) is 11.4 Å². The summed E-state index contributed by atoms with van der Waals surface area (Å²) in [7, 11) is 0. The number of benzene rings is 3. The van der Waals surface area contributed by atoms with Crippen molar-refractivity contribution in [1.29, 1.82) is 5.26 Å². The summed E-state index contributed by atoms with van der Waals surface area (Å²) in [6, 6.07) is 12.6. The topological polar surface area (TPSA) is 202 Å². The standard InChI is InChI=1S/C58H53ClF3N9O7S/c1-5-33-35-16-32(10-13-43(35)65-48-38(33)24-70-44(48)18-40-39(54(70)73)25-76-55(74)58(40,75)6-2)78-28(4)27(3)53(72)71-30-8-9-31(71)23-68(22-30)52-36-17-41(59)46(34-11-12-42(61)50-45(34)37(20-63)51(64)79-50)47(62)49(36)66-56(67-52)77-26-57-14-7-15-69(57)21-29(60)19-57/h10-13,16-18,28-31,75H,3,5-9,14-15,19,21-26,64H2,1-2,4H3/t28-,29+,30?,31?,57-,58-/m0/s1. The summed E-state index contributed by atoms with van der Waals surface area (Å²) in [6.07, 6.45) is 2.10. The maximum absolute atomic E-state index is 17.6. The van der Waals surface area contributed by atoms with E-state index in [1.165, 1.54) is 12.1 Å². The number of hydrogen-bond donors (Lipinski definition) is 2. The van der Waals surface area contributed by atoms with Gasteiger partial charge in [0.1, 0.15) is 59.5 Å². The number of nitriles is 1. The predicted molar refractivity (Wildman–Crippen MR) is 292 cm³/mol. The number of aliphatic hydroxyl groups is 1. The highest BCUT2D eigenvalue weighted by Crippen LogP contribution is 2.48. The van der Waals surface area contributed by atoms with E-state index in [2.05, 4.69) is 16.5 Å². The highest BCUT2D eigenvalue weighted by molar-refractivity contribution is 7.23. The molecule has 13 rings (SSSR count). The first kappa shape index (κ1) is 51.1. The largest absolute Gasteiger partial charge is 0.486 e. The molecule has 2 unspecified atom stereocenters. The van der Waals surface area contributed by atoms with Gasteiger partial charge < -0.3 is 39.4 Å². The average Bonchev–Trinajstić information content (AvgIpc) is 4.30. The van der Waals surface area contributed by atoms with Crippen LogP contribution in [0.5, 0.6) is 11.8 Å². The molecule has 6 aliphatic heterocycles. The molecule has 79 heavy (non-hydrogen) atoms. The van der Waals surface area contributed by atoms with Crippen molar-refractivity contribution in [3.63, 3.8) is 0 Å². The minimum Gasteiger partial charge on any atom is -0.486 e. The zero-order valence-electron chi connectivity index (χ0n) is 43.4. The number of nitrogens with two attached hydrogens (primary N) is 1. The van der Waals surface area contributed by atoms with Crippen LogP contribution in [0, 0.1) is 23.0 Å². The van der Waals surface area contributed by atoms with Crippen LogP contribution in [0.2, 0.25) is 5.02 Å². The summed E-state index contributed by atoms with van der Waals surface area (Å²) < 4.78 is 67.5. The Morgan fingerprint density at radius 2 is 1.86 bits per heavy atom. The second-order valence-electron chi connectivity index (χ2n) is 21.7. The minimum absolute atomic E-state index is 0.00421. The molecule has 2 bridgehead atoms. The van der Waals surface area contributed by atoms with E-state index in [0.717, 1.165) is 47.2 Å². The fourth-order valence-electron chi connectivity index (χ4n) is 13.5. The summed E-state index contributed by atoms with van der Waals surface area (Å²) in [5, 5.41) is 22.7. The molecular formula is C58H53ClF3N9O7S. The fraction of sp³-hybridized carbons (Fsp3) is 0.397. The quantitative estimate of drug-likeness (QED) is 0.0918. The normalized spacial score (nSPS) is 23.4. The van der Waals surface area contributed by atoms with Crippen LogP contribution in [0.4, 0.5) is 24.0 Å². The molecule has 4 fully saturated rings. The lowest BCUT2D eigenvalue weighted by molar-refractivity contribution is -0.172. The lowest BCUT2D eigenvalue weighted by Crippen LogP contribution is -2.57. The molecule has 7 aromatic rings. The lowest BCUT2D eigenvalue weighted by Gasteiger charge is -2.42. The number of anilines is 2. The maximum atomic E-state index is 17.6. The Bertz CT molecular complexity index is 3950. The van der Waals surface area contributed by atoms with E-state index in [1.807, 2.05) is 34.9 Å². The number of pyridine rings is 2. The molecule has 3 N–H and O–H groups in total. The van der Waals surface area contributed by atoms with Gasteiger partial charge in [-0.1, -0.05) is 38.1 Å². The van der Waals surface area contributed by atoms with Crippen molar-refractivity contribution in [3.8, 4) is 40.3 Å². The van der Waals surface area contributed by atoms with Crippen molar-refractivity contribution in [2.45, 2.75) is 114 Å². The van der Waals surface area contributed by atoms with E-state index in [1.54, 1.807) is 36.6 Å². The second kappa shape index (κ2) is 18.6. The monoisotopic (exact) mass is 1110 g/mol. The molecule has 4 saturated heterocycles. The summed E-state index contributed by atoms with van der Waals surface area (Å²) >= 11 is 7.93. The molecule has 0 aliphatic carbocycles. The van der Waals surface area contributed by atoms with Gasteiger partial charge in [0, 0.05) is 64.5 Å². The van der Waals surface area contributed by atoms with Gasteiger partial charge in [-0.3, -0.25) is 14.5 Å². The Morgan fingerprint density at radius 1 is 1.08 bits per heavy atom. The van der Waals surface area contributed by atoms with Crippen molar-refractivity contribution in [3.05, 3.63) is 109 Å². The number of thiophene rings is 1. The number of alkyl halides is 1. The highest BCUT2D eigenvalue weighted by Gasteiger charge is 2.50. The number of hydrogen-bond acceptors (Lipinski definition) is 15. The van der Waals surface area contributed by atoms with Crippen LogP contribution >= 0.6 is 22.9 Å². The third-order valence-corrected chi connectivity index (χ3v) is 18.8. The van der Waals surface area contributed by atoms with E-state index >= 15 is 8.78 Å². The molecule has 0 spiro atoms. The number of ether oxygens (including phenoxy) is 3. The van der Waals surface area contributed by atoms with Gasteiger partial charge in [-0.15, -0.1) is 11.3 Å². The Kier molecular flexibility index (Phi) is 12.1. The molecule has 406 valence electrons. The van der Waals surface area contributed by atoms with E-state index in [4.69, 9.17) is 41.5 Å². The minimum atomic E-state index is -1.94. The number of esters is 1. The van der Waals surface area contributed by atoms with Gasteiger partial charge in [0.05, 0.1) is 61.9 Å². The summed E-state index contributed by atoms with van der Waals surface area (Å²) in [4.78, 5) is 61.8. The van der Waals surface area contributed by atoms with E-state index in [9.17, 15) is 29.1 Å². The summed E-state index contributed by atoms with van der Waals surface area (Å²) in [5.41, 5.74) is 7.58. The van der Waals surface area contributed by atoms with Crippen LogP contribution in [0.15, 0.2) is 59.4 Å². The molecular weight excluding hydrogens is 1060 g/mol. The summed E-state index contributed by atoms with van der Waals surface area (Å²) in [6.45, 7) is 11.5. The van der Waals surface area contributed by atoms with Gasteiger partial charge in [0.25, 0.3) is 11.5 Å². The van der Waals surface area contributed by atoms with Gasteiger partial charge in [0.2, 0.25) is 0 Å². The number of amides is 1. The number of fused-ring (bicyclic) bond motifs is 10. The first-order valence-corrected chi connectivity index (χ1v) is 27.8. The van der Waals surface area contributed by atoms with Crippen LogP contribution < -0.4 is 25.7 Å². The zero-order valence-corrected chi connectivity index (χ0v) is 45.0. The number of nitrogen functional groups attached to an aromatic ring is 1. The smallest absolute Gasteiger partial charge is 0.343 e. The molecule has 6 aliphatic rings. The van der Waals surface area contributed by atoms with Crippen LogP contribution in [0.25, 0.3) is 54.4 Å².